The van der Waals surface area contributed by atoms with Crippen LogP contribution in [0.15, 0.2) is 36.4 Å². The average molecular weight is 497 g/mol. The molecule has 2 aromatic carbocycles. The van der Waals surface area contributed by atoms with Gasteiger partial charge in [-0.05, 0) is 55.2 Å². The molecule has 3 N–H and O–H groups in total. The summed E-state index contributed by atoms with van der Waals surface area (Å²) in [6, 6.07) is 9.01. The Labute approximate surface area is 206 Å². The Bertz CT molecular complexity index is 1370. The molecule has 182 valence electrons. The summed E-state index contributed by atoms with van der Waals surface area (Å²) >= 11 is 6.11. The summed E-state index contributed by atoms with van der Waals surface area (Å²) in [4.78, 5) is 33.8. The van der Waals surface area contributed by atoms with Crippen LogP contribution in [0.4, 0.5) is 9.18 Å². The molecule has 0 radical (unpaired) electrons. The number of hydrogen-bond donors (Lipinski definition) is 3. The van der Waals surface area contributed by atoms with E-state index in [0.717, 1.165) is 23.8 Å². The highest BCUT2D eigenvalue weighted by molar-refractivity contribution is 6.31. The minimum atomic E-state index is -1.13. The van der Waals surface area contributed by atoms with Crippen molar-refractivity contribution >= 4 is 34.4 Å². The van der Waals surface area contributed by atoms with E-state index < -0.39 is 17.4 Å². The third-order valence-electron chi connectivity index (χ3n) is 7.77. The topological polar surface area (TPSA) is 88.7 Å². The van der Waals surface area contributed by atoms with Gasteiger partial charge < -0.3 is 15.4 Å². The molecule has 2 aliphatic heterocycles. The first kappa shape index (κ1) is 22.4. The Balaban J connectivity index is 1.46. The predicted molar refractivity (Wildman–Crippen MR) is 130 cm³/mol. The number of halogens is 2. The summed E-state index contributed by atoms with van der Waals surface area (Å²) in [5.74, 6) is -0.743. The van der Waals surface area contributed by atoms with Gasteiger partial charge in [0.25, 0.3) is 5.91 Å². The quantitative estimate of drug-likeness (QED) is 0.454. The van der Waals surface area contributed by atoms with Crippen molar-refractivity contribution in [2.45, 2.75) is 50.2 Å². The zero-order chi connectivity index (χ0) is 24.5. The third-order valence-corrected chi connectivity index (χ3v) is 8.06. The average Bonchev–Trinajstić information content (AvgIpc) is 3.21. The number of imide groups is 1. The van der Waals surface area contributed by atoms with Crippen molar-refractivity contribution in [3.05, 3.63) is 64.1 Å². The Morgan fingerprint density at radius 2 is 2.06 bits per heavy atom. The number of fused-ring (bicyclic) bond motifs is 4. The fourth-order valence-corrected chi connectivity index (χ4v) is 5.90. The number of hydrogen-bond acceptors (Lipinski definition) is 4. The smallest absolute Gasteiger partial charge is 0.328 e. The van der Waals surface area contributed by atoms with Crippen molar-refractivity contribution in [1.29, 1.82) is 0 Å². The second kappa shape index (κ2) is 7.96. The first-order chi connectivity index (χ1) is 16.8. The Kier molecular flexibility index (Phi) is 5.09. The molecule has 1 aliphatic carbocycles. The van der Waals surface area contributed by atoms with Gasteiger partial charge in [-0.25, -0.2) is 9.18 Å². The fraction of sp³-hybridized carbons (Fsp3) is 0.385. The van der Waals surface area contributed by atoms with Gasteiger partial charge in [0.05, 0.1) is 5.02 Å². The van der Waals surface area contributed by atoms with Gasteiger partial charge in [0, 0.05) is 42.1 Å². The van der Waals surface area contributed by atoms with Crippen molar-refractivity contribution < 1.29 is 19.1 Å². The van der Waals surface area contributed by atoms with Gasteiger partial charge in [-0.3, -0.25) is 14.6 Å². The number of nitrogens with one attached hydrogen (secondary N) is 2. The normalized spacial score (nSPS) is 24.1. The lowest BCUT2D eigenvalue weighted by molar-refractivity contribution is -0.133. The summed E-state index contributed by atoms with van der Waals surface area (Å²) in [6.45, 7) is 2.63. The molecule has 3 amide bonds. The zero-order valence-electron chi connectivity index (χ0n) is 19.3. The molecule has 3 aromatic rings. The van der Waals surface area contributed by atoms with Crippen LogP contribution in [0, 0.1) is 5.82 Å². The second-order valence-electron chi connectivity index (χ2n) is 9.97. The lowest BCUT2D eigenvalue weighted by atomic mass is 9.81. The molecule has 2 fully saturated rings. The summed E-state index contributed by atoms with van der Waals surface area (Å²) in [7, 11) is 0. The zero-order valence-corrected chi connectivity index (χ0v) is 20.0. The lowest BCUT2D eigenvalue weighted by Crippen LogP contribution is -2.53. The summed E-state index contributed by atoms with van der Waals surface area (Å²) < 4.78 is 14.3. The molecule has 6 rings (SSSR count). The number of aromatic nitrogens is 1. The second-order valence-corrected chi connectivity index (χ2v) is 10.4. The molecule has 1 aromatic heterocycles. The van der Waals surface area contributed by atoms with Gasteiger partial charge in [-0.1, -0.05) is 30.2 Å². The number of phenolic OH excluding ortho intramolecular Hbond substituents is 1. The Hall–Kier alpha value is -3.10. The van der Waals surface area contributed by atoms with Crippen LogP contribution in [0.5, 0.6) is 5.75 Å². The minimum Gasteiger partial charge on any atom is -0.508 e. The number of carbonyl (C=O) groups is 2. The van der Waals surface area contributed by atoms with E-state index in [1.54, 1.807) is 36.1 Å². The van der Waals surface area contributed by atoms with Crippen LogP contribution in [0.2, 0.25) is 5.02 Å². The SMILES string of the molecule is C[C@@]12Cc3c([nH]c4cc(F)c(Cl)cc34)C(c3cccc(O)c3)N1C(=O)N(CCNC1CCC1)C2=O. The molecule has 2 atom stereocenters. The molecule has 1 unspecified atom stereocenters. The number of aromatic hydroxyl groups is 1. The number of carbonyl (C=O) groups excluding carboxylic acids is 2. The molecule has 7 nitrogen and oxygen atoms in total. The van der Waals surface area contributed by atoms with Gasteiger partial charge >= 0.3 is 6.03 Å². The first-order valence-corrected chi connectivity index (χ1v) is 12.3. The molecule has 1 saturated carbocycles. The number of rotatable bonds is 5. The van der Waals surface area contributed by atoms with Crippen LogP contribution in [-0.2, 0) is 11.2 Å². The Morgan fingerprint density at radius 1 is 1.26 bits per heavy atom. The molecule has 3 heterocycles. The van der Waals surface area contributed by atoms with E-state index in [1.165, 1.54) is 17.4 Å². The van der Waals surface area contributed by atoms with Crippen molar-refractivity contribution in [2.24, 2.45) is 0 Å². The molecule has 35 heavy (non-hydrogen) atoms. The van der Waals surface area contributed by atoms with Gasteiger partial charge in [0.1, 0.15) is 23.1 Å². The van der Waals surface area contributed by atoms with Crippen molar-refractivity contribution in [2.75, 3.05) is 13.1 Å². The van der Waals surface area contributed by atoms with Gasteiger partial charge in [-0.15, -0.1) is 0 Å². The first-order valence-electron chi connectivity index (χ1n) is 11.9. The highest BCUT2D eigenvalue weighted by Crippen LogP contribution is 2.49. The molecule has 3 aliphatic rings. The molecule has 1 saturated heterocycles. The van der Waals surface area contributed by atoms with E-state index in [4.69, 9.17) is 11.6 Å². The van der Waals surface area contributed by atoms with Gasteiger partial charge in [0.2, 0.25) is 0 Å². The minimum absolute atomic E-state index is 0.00157. The number of amides is 3. The number of aromatic amines is 1. The molecule has 0 spiro atoms. The maximum atomic E-state index is 14.3. The molecule has 9 heteroatoms. The van der Waals surface area contributed by atoms with E-state index >= 15 is 0 Å². The van der Waals surface area contributed by atoms with Crippen molar-refractivity contribution in [1.82, 2.24) is 20.1 Å². The molecule has 0 bridgehead atoms. The van der Waals surface area contributed by atoms with Crippen LogP contribution < -0.4 is 5.32 Å². The summed E-state index contributed by atoms with van der Waals surface area (Å²) in [6.07, 6.45) is 3.72. The van der Waals surface area contributed by atoms with Crippen LogP contribution in [0.25, 0.3) is 10.9 Å². The number of H-pyrrole nitrogens is 1. The lowest BCUT2D eigenvalue weighted by Gasteiger charge is -2.42. The van der Waals surface area contributed by atoms with Crippen LogP contribution in [-0.4, -0.2) is 56.5 Å². The van der Waals surface area contributed by atoms with Crippen LogP contribution in [0.3, 0.4) is 0 Å². The molecular weight excluding hydrogens is 471 g/mol. The van der Waals surface area contributed by atoms with E-state index in [0.29, 0.717) is 35.9 Å². The van der Waals surface area contributed by atoms with Crippen LogP contribution >= 0.6 is 11.6 Å². The van der Waals surface area contributed by atoms with Gasteiger partial charge in [-0.2, -0.15) is 0 Å². The maximum absolute atomic E-state index is 14.3. The summed E-state index contributed by atoms with van der Waals surface area (Å²) in [5.41, 5.74) is 1.59. The maximum Gasteiger partial charge on any atom is 0.328 e. The van der Waals surface area contributed by atoms with Crippen molar-refractivity contribution in [3.8, 4) is 5.75 Å². The van der Waals surface area contributed by atoms with E-state index in [1.807, 2.05) is 6.07 Å². The number of benzene rings is 2. The number of urea groups is 1. The predicted octanol–water partition coefficient (Wildman–Crippen LogP) is 4.48. The molecular formula is C26H26ClFN4O3. The van der Waals surface area contributed by atoms with E-state index in [9.17, 15) is 19.1 Å². The standard InChI is InChI=1S/C26H26ClFN4O3/c1-26-13-18-17-11-19(27)20(28)12-21(17)30-22(18)23(14-4-2-7-16(33)10-14)32(26)25(35)31(24(26)34)9-8-29-15-5-3-6-15/h2,4,7,10-12,15,23,29-30,33H,3,5-6,8-9,13H2,1H3/t23?,26-/m0/s1. The van der Waals surface area contributed by atoms with E-state index in [-0.39, 0.29) is 29.1 Å². The fourth-order valence-electron chi connectivity index (χ4n) is 5.74. The van der Waals surface area contributed by atoms with Gasteiger partial charge in [0.15, 0.2) is 0 Å². The highest BCUT2D eigenvalue weighted by atomic mass is 35.5. The largest absolute Gasteiger partial charge is 0.508 e. The third kappa shape index (κ3) is 3.34. The van der Waals surface area contributed by atoms with Crippen molar-refractivity contribution in [3.63, 3.8) is 0 Å². The number of nitrogens with zero attached hydrogens (tertiary/aromatic N) is 2. The summed E-state index contributed by atoms with van der Waals surface area (Å²) in [5, 5.41) is 14.4. The Morgan fingerprint density at radius 3 is 2.77 bits per heavy atom. The van der Waals surface area contributed by atoms with Crippen LogP contribution in [0.1, 0.15) is 49.0 Å². The van der Waals surface area contributed by atoms with E-state index in [2.05, 4.69) is 10.3 Å². The number of phenols is 1. The highest BCUT2D eigenvalue weighted by Gasteiger charge is 2.60. The monoisotopic (exact) mass is 496 g/mol.